The number of rotatable bonds is 6. The summed E-state index contributed by atoms with van der Waals surface area (Å²) in [6, 6.07) is 12.3. The maximum atomic E-state index is 13.9. The van der Waals surface area contributed by atoms with E-state index in [4.69, 9.17) is 0 Å². The molecule has 1 saturated heterocycles. The Morgan fingerprint density at radius 1 is 1.13 bits per heavy atom. The molecule has 0 spiro atoms. The van der Waals surface area contributed by atoms with Gasteiger partial charge in [-0.15, -0.1) is 0 Å². The van der Waals surface area contributed by atoms with E-state index in [9.17, 15) is 9.18 Å². The molecular weight excluding hydrogens is 395 g/mol. The maximum absolute atomic E-state index is 13.9. The molecule has 1 aliphatic rings. The number of carbonyl (C=O) groups excluding carboxylic acids is 1. The third-order valence-corrected chi connectivity index (χ3v) is 5.35. The van der Waals surface area contributed by atoms with Gasteiger partial charge in [-0.1, -0.05) is 12.1 Å². The lowest BCUT2D eigenvalue weighted by Gasteiger charge is -2.31. The molecule has 2 aromatic heterocycles. The van der Waals surface area contributed by atoms with Crippen molar-refractivity contribution in [1.29, 1.82) is 0 Å². The van der Waals surface area contributed by atoms with Crippen molar-refractivity contribution in [3.63, 3.8) is 0 Å². The summed E-state index contributed by atoms with van der Waals surface area (Å²) in [6.07, 6.45) is 5.26. The lowest BCUT2D eigenvalue weighted by atomic mass is 9.93. The predicted octanol–water partition coefficient (Wildman–Crippen LogP) is 3.88. The number of nitrogens with one attached hydrogen (secondary N) is 2. The molecule has 3 aromatic rings. The Kier molecular flexibility index (Phi) is 6.47. The lowest BCUT2D eigenvalue weighted by molar-refractivity contribution is -0.117. The number of likely N-dealkylation sites (tertiary alicyclic amines) is 1. The topological polar surface area (TPSA) is 83.0 Å². The van der Waals surface area contributed by atoms with Crippen LogP contribution >= 0.6 is 0 Å². The molecule has 0 radical (unpaired) electrons. The zero-order chi connectivity index (χ0) is 21.6. The van der Waals surface area contributed by atoms with Crippen LogP contribution in [0.3, 0.4) is 0 Å². The van der Waals surface area contributed by atoms with E-state index in [1.54, 1.807) is 24.5 Å². The molecule has 7 nitrogen and oxygen atoms in total. The molecular formula is C23H25FN6O. The first-order valence-corrected chi connectivity index (χ1v) is 10.4. The number of aryl methyl sites for hydroxylation is 1. The van der Waals surface area contributed by atoms with Gasteiger partial charge in [0.1, 0.15) is 11.6 Å². The molecule has 3 heterocycles. The summed E-state index contributed by atoms with van der Waals surface area (Å²) >= 11 is 0. The summed E-state index contributed by atoms with van der Waals surface area (Å²) in [7, 11) is 0. The zero-order valence-electron chi connectivity index (χ0n) is 17.4. The average Bonchev–Trinajstić information content (AvgIpc) is 2.78. The van der Waals surface area contributed by atoms with Crippen molar-refractivity contribution < 1.29 is 9.18 Å². The zero-order valence-corrected chi connectivity index (χ0v) is 17.4. The summed E-state index contributed by atoms with van der Waals surface area (Å²) in [5, 5.41) is 5.80. The first-order valence-electron chi connectivity index (χ1n) is 10.4. The van der Waals surface area contributed by atoms with E-state index in [0.717, 1.165) is 37.2 Å². The van der Waals surface area contributed by atoms with Gasteiger partial charge in [0, 0.05) is 24.0 Å². The second-order valence-electron chi connectivity index (χ2n) is 7.73. The molecule has 0 bridgehead atoms. The Morgan fingerprint density at radius 2 is 1.97 bits per heavy atom. The van der Waals surface area contributed by atoms with E-state index in [1.165, 1.54) is 6.07 Å². The van der Waals surface area contributed by atoms with Crippen molar-refractivity contribution in [3.05, 3.63) is 71.9 Å². The molecule has 160 valence electrons. The van der Waals surface area contributed by atoms with E-state index in [1.807, 2.05) is 31.2 Å². The molecule has 31 heavy (non-hydrogen) atoms. The van der Waals surface area contributed by atoms with Crippen LogP contribution in [0.4, 0.5) is 21.8 Å². The quantitative estimate of drug-likeness (QED) is 0.630. The molecule has 4 rings (SSSR count). The van der Waals surface area contributed by atoms with Crippen molar-refractivity contribution in [3.8, 4) is 0 Å². The molecule has 2 N–H and O–H groups in total. The van der Waals surface area contributed by atoms with Gasteiger partial charge in [0.2, 0.25) is 11.9 Å². The van der Waals surface area contributed by atoms with Crippen molar-refractivity contribution in [1.82, 2.24) is 19.9 Å². The van der Waals surface area contributed by atoms with Crippen LogP contribution in [0.15, 0.2) is 54.9 Å². The third kappa shape index (κ3) is 5.61. The smallest absolute Gasteiger partial charge is 0.238 e. The van der Waals surface area contributed by atoms with Crippen molar-refractivity contribution >= 4 is 23.4 Å². The van der Waals surface area contributed by atoms with Gasteiger partial charge in [-0.25, -0.2) is 19.3 Å². The Labute approximate surface area is 180 Å². The number of amides is 1. The second-order valence-corrected chi connectivity index (χ2v) is 7.73. The molecule has 1 aliphatic heterocycles. The Balaban J connectivity index is 1.30. The van der Waals surface area contributed by atoms with Crippen molar-refractivity contribution in [2.45, 2.75) is 25.7 Å². The molecule has 0 saturated carbocycles. The Bertz CT molecular complexity index is 1040. The molecule has 1 fully saturated rings. The van der Waals surface area contributed by atoms with Gasteiger partial charge in [0.25, 0.3) is 0 Å². The highest BCUT2D eigenvalue weighted by Gasteiger charge is 2.23. The SMILES string of the molecule is Cc1ccc(F)c(NC(=O)CN2CCC(c3ccnc(Nc4ccccn4)n3)CC2)c1. The number of anilines is 3. The van der Waals surface area contributed by atoms with Gasteiger partial charge in [0.15, 0.2) is 0 Å². The Hall–Kier alpha value is -3.39. The summed E-state index contributed by atoms with van der Waals surface area (Å²) in [4.78, 5) is 27.6. The number of halogens is 1. The van der Waals surface area contributed by atoms with Crippen molar-refractivity contribution in [2.24, 2.45) is 0 Å². The normalized spacial score (nSPS) is 14.9. The second kappa shape index (κ2) is 9.61. The fourth-order valence-corrected chi connectivity index (χ4v) is 3.73. The van der Waals surface area contributed by atoms with E-state index >= 15 is 0 Å². The van der Waals surface area contributed by atoms with Crippen LogP contribution in [-0.4, -0.2) is 45.4 Å². The highest BCUT2D eigenvalue weighted by Crippen LogP contribution is 2.27. The van der Waals surface area contributed by atoms with Gasteiger partial charge in [-0.05, 0) is 68.8 Å². The van der Waals surface area contributed by atoms with Crippen LogP contribution in [0.2, 0.25) is 0 Å². The number of hydrogen-bond donors (Lipinski definition) is 2. The van der Waals surface area contributed by atoms with E-state index in [2.05, 4.69) is 30.5 Å². The fraction of sp³-hybridized carbons (Fsp3) is 0.304. The average molecular weight is 420 g/mol. The summed E-state index contributed by atoms with van der Waals surface area (Å²) in [5.74, 6) is 0.910. The van der Waals surface area contributed by atoms with Crippen molar-refractivity contribution in [2.75, 3.05) is 30.3 Å². The lowest BCUT2D eigenvalue weighted by Crippen LogP contribution is -2.39. The van der Waals surface area contributed by atoms with Crippen LogP contribution < -0.4 is 10.6 Å². The highest BCUT2D eigenvalue weighted by atomic mass is 19.1. The summed E-state index contributed by atoms with van der Waals surface area (Å²) in [5.41, 5.74) is 2.12. The molecule has 8 heteroatoms. The molecule has 1 amide bonds. The third-order valence-electron chi connectivity index (χ3n) is 5.35. The van der Waals surface area contributed by atoms with Crippen LogP contribution in [0.1, 0.15) is 30.0 Å². The van der Waals surface area contributed by atoms with E-state index in [-0.39, 0.29) is 18.1 Å². The fourth-order valence-electron chi connectivity index (χ4n) is 3.73. The molecule has 1 aromatic carbocycles. The number of piperidine rings is 1. The summed E-state index contributed by atoms with van der Waals surface area (Å²) < 4.78 is 13.9. The Morgan fingerprint density at radius 3 is 2.74 bits per heavy atom. The van der Waals surface area contributed by atoms with E-state index < -0.39 is 5.82 Å². The number of carbonyl (C=O) groups is 1. The first kappa shape index (κ1) is 20.9. The van der Waals surface area contributed by atoms with Gasteiger partial charge in [-0.3, -0.25) is 9.69 Å². The highest BCUT2D eigenvalue weighted by molar-refractivity contribution is 5.92. The van der Waals surface area contributed by atoms with Crippen LogP contribution in [0, 0.1) is 12.7 Å². The van der Waals surface area contributed by atoms with Gasteiger partial charge in [-0.2, -0.15) is 0 Å². The maximum Gasteiger partial charge on any atom is 0.238 e. The minimum Gasteiger partial charge on any atom is -0.322 e. The molecule has 0 atom stereocenters. The van der Waals surface area contributed by atoms with Crippen LogP contribution in [0.25, 0.3) is 0 Å². The standard InChI is InChI=1S/C23H25FN6O/c1-16-5-6-18(24)20(14-16)27-22(31)15-30-12-8-17(9-13-30)19-7-11-26-23(28-19)29-21-4-2-3-10-25-21/h2-7,10-11,14,17H,8-9,12-13,15H2,1H3,(H,27,31)(H,25,26,28,29). The minimum absolute atomic E-state index is 0.202. The first-order chi connectivity index (χ1) is 15.1. The number of nitrogens with zero attached hydrogens (tertiary/aromatic N) is 4. The largest absolute Gasteiger partial charge is 0.322 e. The molecule has 0 unspecified atom stereocenters. The minimum atomic E-state index is -0.420. The van der Waals surface area contributed by atoms with Crippen LogP contribution in [0.5, 0.6) is 0 Å². The number of benzene rings is 1. The summed E-state index contributed by atoms with van der Waals surface area (Å²) in [6.45, 7) is 3.67. The van der Waals surface area contributed by atoms with Gasteiger partial charge < -0.3 is 10.6 Å². The number of hydrogen-bond acceptors (Lipinski definition) is 6. The number of pyridine rings is 1. The predicted molar refractivity (Wildman–Crippen MR) is 118 cm³/mol. The van der Waals surface area contributed by atoms with E-state index in [0.29, 0.717) is 17.7 Å². The number of aromatic nitrogens is 3. The van der Waals surface area contributed by atoms with Crippen LogP contribution in [-0.2, 0) is 4.79 Å². The monoisotopic (exact) mass is 420 g/mol. The molecule has 0 aliphatic carbocycles. The van der Waals surface area contributed by atoms with Gasteiger partial charge in [0.05, 0.1) is 12.2 Å². The van der Waals surface area contributed by atoms with Gasteiger partial charge >= 0.3 is 0 Å².